The number of hydrogen-bond acceptors (Lipinski definition) is 3. The van der Waals surface area contributed by atoms with Gasteiger partial charge in [-0.3, -0.25) is 9.59 Å². The highest BCUT2D eigenvalue weighted by molar-refractivity contribution is 5.91. The van der Waals surface area contributed by atoms with Gasteiger partial charge in [-0.05, 0) is 36.5 Å². The minimum Gasteiger partial charge on any atom is -0.454 e. The van der Waals surface area contributed by atoms with E-state index < -0.39 is 0 Å². The van der Waals surface area contributed by atoms with Crippen molar-refractivity contribution in [3.8, 4) is 0 Å². The molecule has 0 radical (unpaired) electrons. The first-order valence-electron chi connectivity index (χ1n) is 8.06. The molecule has 1 aliphatic rings. The maximum Gasteiger partial charge on any atom is 0.289 e. The average molecular weight is 314 g/mol. The summed E-state index contributed by atoms with van der Waals surface area (Å²) in [6, 6.07) is 8.48. The van der Waals surface area contributed by atoms with Crippen LogP contribution in [0.2, 0.25) is 0 Å². The highest BCUT2D eigenvalue weighted by atomic mass is 16.4. The molecule has 1 saturated heterocycles. The second-order valence-corrected chi connectivity index (χ2v) is 6.59. The van der Waals surface area contributed by atoms with Gasteiger partial charge in [0.05, 0.1) is 6.54 Å². The Kier molecular flexibility index (Phi) is 4.37. The van der Waals surface area contributed by atoms with Crippen molar-refractivity contribution in [3.05, 3.63) is 58.4 Å². The summed E-state index contributed by atoms with van der Waals surface area (Å²) in [5.74, 6) is 1.93. The van der Waals surface area contributed by atoms with Gasteiger partial charge in [0.2, 0.25) is 0 Å². The topological polar surface area (TPSA) is 55.5 Å². The normalized spacial score (nSPS) is 21.4. The second kappa shape index (κ2) is 6.44. The van der Waals surface area contributed by atoms with E-state index in [1.807, 2.05) is 4.90 Å². The SMILES string of the molecule is CC1CC(C)CN(C(=O)c2ccc(Cn3ccccc3=O)o2)C1. The van der Waals surface area contributed by atoms with Gasteiger partial charge in [0, 0.05) is 25.4 Å². The lowest BCUT2D eigenvalue weighted by Crippen LogP contribution is -2.42. The molecular weight excluding hydrogens is 292 g/mol. The van der Waals surface area contributed by atoms with Gasteiger partial charge in [-0.1, -0.05) is 19.9 Å². The number of piperidine rings is 1. The summed E-state index contributed by atoms with van der Waals surface area (Å²) in [7, 11) is 0. The van der Waals surface area contributed by atoms with E-state index in [0.717, 1.165) is 19.5 Å². The van der Waals surface area contributed by atoms with Gasteiger partial charge in [-0.2, -0.15) is 0 Å². The zero-order valence-electron chi connectivity index (χ0n) is 13.6. The van der Waals surface area contributed by atoms with Gasteiger partial charge in [-0.25, -0.2) is 0 Å². The number of carbonyl (C=O) groups is 1. The molecule has 0 saturated carbocycles. The minimum absolute atomic E-state index is 0.0601. The molecule has 1 amide bonds. The Morgan fingerprint density at radius 1 is 1.17 bits per heavy atom. The first kappa shape index (κ1) is 15.6. The van der Waals surface area contributed by atoms with Crippen LogP contribution in [0.25, 0.3) is 0 Å². The first-order chi connectivity index (χ1) is 11.0. The molecule has 122 valence electrons. The smallest absolute Gasteiger partial charge is 0.289 e. The van der Waals surface area contributed by atoms with Crippen molar-refractivity contribution in [2.24, 2.45) is 11.8 Å². The molecule has 1 fully saturated rings. The van der Waals surface area contributed by atoms with Crippen molar-refractivity contribution in [3.63, 3.8) is 0 Å². The lowest BCUT2D eigenvalue weighted by Gasteiger charge is -2.34. The fraction of sp³-hybridized carbons (Fsp3) is 0.444. The third-order valence-electron chi connectivity index (χ3n) is 4.25. The summed E-state index contributed by atoms with van der Waals surface area (Å²) in [6.45, 7) is 6.23. The predicted molar refractivity (Wildman–Crippen MR) is 87.4 cm³/mol. The summed E-state index contributed by atoms with van der Waals surface area (Å²) in [6.07, 6.45) is 2.87. The molecule has 0 spiro atoms. The molecule has 0 N–H and O–H groups in total. The van der Waals surface area contributed by atoms with Crippen molar-refractivity contribution < 1.29 is 9.21 Å². The van der Waals surface area contributed by atoms with Crippen LogP contribution in [0.15, 0.2) is 45.7 Å². The van der Waals surface area contributed by atoms with Crippen LogP contribution in [0.1, 0.15) is 36.6 Å². The standard InChI is InChI=1S/C18H22N2O3/c1-13-9-14(2)11-20(10-13)18(22)16-7-6-15(23-16)12-19-8-4-3-5-17(19)21/h3-8,13-14H,9-12H2,1-2H3. The van der Waals surface area contributed by atoms with Crippen molar-refractivity contribution in [2.45, 2.75) is 26.8 Å². The van der Waals surface area contributed by atoms with Crippen LogP contribution in [0.4, 0.5) is 0 Å². The maximum absolute atomic E-state index is 12.6. The number of furan rings is 1. The third kappa shape index (κ3) is 3.55. The van der Waals surface area contributed by atoms with Crippen LogP contribution in [0.3, 0.4) is 0 Å². The second-order valence-electron chi connectivity index (χ2n) is 6.59. The van der Waals surface area contributed by atoms with E-state index in [-0.39, 0.29) is 11.5 Å². The van der Waals surface area contributed by atoms with E-state index in [2.05, 4.69) is 13.8 Å². The fourth-order valence-corrected chi connectivity index (χ4v) is 3.32. The molecule has 0 bridgehead atoms. The molecule has 3 heterocycles. The molecule has 2 aromatic heterocycles. The molecule has 2 unspecified atom stereocenters. The largest absolute Gasteiger partial charge is 0.454 e. The van der Waals surface area contributed by atoms with E-state index >= 15 is 0 Å². The van der Waals surface area contributed by atoms with Crippen LogP contribution >= 0.6 is 0 Å². The van der Waals surface area contributed by atoms with E-state index in [9.17, 15) is 9.59 Å². The predicted octanol–water partition coefficient (Wildman–Crippen LogP) is 2.61. The number of pyridine rings is 1. The Morgan fingerprint density at radius 2 is 1.91 bits per heavy atom. The van der Waals surface area contributed by atoms with Gasteiger partial charge < -0.3 is 13.9 Å². The Hall–Kier alpha value is -2.30. The summed E-state index contributed by atoms with van der Waals surface area (Å²) in [5, 5.41) is 0. The van der Waals surface area contributed by atoms with E-state index in [4.69, 9.17) is 4.42 Å². The Bertz CT molecular complexity index is 736. The summed E-state index contributed by atoms with van der Waals surface area (Å²) >= 11 is 0. The quantitative estimate of drug-likeness (QED) is 0.875. The lowest BCUT2D eigenvalue weighted by atomic mass is 9.92. The molecule has 0 aromatic carbocycles. The first-order valence-corrected chi connectivity index (χ1v) is 8.06. The molecule has 2 aromatic rings. The molecule has 1 aliphatic heterocycles. The van der Waals surface area contributed by atoms with Crippen LogP contribution in [0, 0.1) is 11.8 Å². The third-order valence-corrected chi connectivity index (χ3v) is 4.25. The summed E-state index contributed by atoms with van der Waals surface area (Å²) < 4.78 is 7.23. The van der Waals surface area contributed by atoms with Crippen molar-refractivity contribution in [1.29, 1.82) is 0 Å². The molecule has 2 atom stereocenters. The highest BCUT2D eigenvalue weighted by Crippen LogP contribution is 2.23. The van der Waals surface area contributed by atoms with Gasteiger partial charge in [0.1, 0.15) is 5.76 Å². The van der Waals surface area contributed by atoms with Crippen LogP contribution in [0.5, 0.6) is 0 Å². The lowest BCUT2D eigenvalue weighted by molar-refractivity contribution is 0.0589. The molecule has 5 heteroatoms. The number of carbonyl (C=O) groups excluding carboxylic acids is 1. The number of hydrogen-bond donors (Lipinski definition) is 0. The number of amides is 1. The fourth-order valence-electron chi connectivity index (χ4n) is 3.32. The molecule has 5 nitrogen and oxygen atoms in total. The highest BCUT2D eigenvalue weighted by Gasteiger charge is 2.27. The molecule has 0 aliphatic carbocycles. The zero-order chi connectivity index (χ0) is 16.4. The Balaban J connectivity index is 1.73. The number of aromatic nitrogens is 1. The van der Waals surface area contributed by atoms with Crippen LogP contribution in [-0.2, 0) is 6.54 Å². The summed E-state index contributed by atoms with van der Waals surface area (Å²) in [4.78, 5) is 26.2. The van der Waals surface area contributed by atoms with Gasteiger partial charge in [0.25, 0.3) is 11.5 Å². The molecule has 3 rings (SSSR count). The monoisotopic (exact) mass is 314 g/mol. The van der Waals surface area contributed by atoms with E-state index in [1.54, 1.807) is 35.0 Å². The minimum atomic E-state index is -0.0875. The van der Waals surface area contributed by atoms with Gasteiger partial charge in [0.15, 0.2) is 5.76 Å². The number of likely N-dealkylation sites (tertiary alicyclic amines) is 1. The number of nitrogens with zero attached hydrogens (tertiary/aromatic N) is 2. The summed E-state index contributed by atoms with van der Waals surface area (Å²) in [5.41, 5.74) is -0.0875. The number of rotatable bonds is 3. The molecular formula is C18H22N2O3. The zero-order valence-corrected chi connectivity index (χ0v) is 13.6. The van der Waals surface area contributed by atoms with Crippen molar-refractivity contribution >= 4 is 5.91 Å². The maximum atomic E-state index is 12.6. The van der Waals surface area contributed by atoms with E-state index in [0.29, 0.717) is 29.9 Å². The van der Waals surface area contributed by atoms with Crippen LogP contribution < -0.4 is 5.56 Å². The molecule has 23 heavy (non-hydrogen) atoms. The average Bonchev–Trinajstić information content (AvgIpc) is 2.96. The van der Waals surface area contributed by atoms with Crippen LogP contribution in [-0.4, -0.2) is 28.5 Å². The Labute approximate surface area is 135 Å². The van der Waals surface area contributed by atoms with Crippen molar-refractivity contribution in [1.82, 2.24) is 9.47 Å². The van der Waals surface area contributed by atoms with E-state index in [1.165, 1.54) is 6.07 Å². The van der Waals surface area contributed by atoms with Gasteiger partial charge >= 0.3 is 0 Å². The Morgan fingerprint density at radius 3 is 2.61 bits per heavy atom. The van der Waals surface area contributed by atoms with Crippen molar-refractivity contribution in [2.75, 3.05) is 13.1 Å². The van der Waals surface area contributed by atoms with Gasteiger partial charge in [-0.15, -0.1) is 0 Å².